The summed E-state index contributed by atoms with van der Waals surface area (Å²) < 4.78 is 24.3. The maximum absolute atomic E-state index is 11.4. The van der Waals surface area contributed by atoms with Crippen molar-refractivity contribution in [3.8, 4) is 0 Å². The third kappa shape index (κ3) is 3.11. The van der Waals surface area contributed by atoms with Gasteiger partial charge in [-0.1, -0.05) is 6.92 Å². The van der Waals surface area contributed by atoms with Gasteiger partial charge in [-0.3, -0.25) is 0 Å². The summed E-state index contributed by atoms with van der Waals surface area (Å²) in [5, 5.41) is -0.290. The fourth-order valence-corrected chi connectivity index (χ4v) is 2.93. The van der Waals surface area contributed by atoms with Gasteiger partial charge in [-0.25, -0.2) is 12.7 Å². The second-order valence-corrected chi connectivity index (χ2v) is 6.21. The Morgan fingerprint density at radius 2 is 2.08 bits per heavy atom. The molecular weight excluding hydrogens is 210 g/mol. The molecule has 0 aromatic rings. The van der Waals surface area contributed by atoms with Crippen LogP contribution in [0, 0.1) is 5.92 Å². The quantitative estimate of drug-likeness (QED) is 0.670. The lowest BCUT2D eigenvalue weighted by molar-refractivity contribution is 0.419. The van der Waals surface area contributed by atoms with Crippen molar-refractivity contribution in [2.45, 2.75) is 26.2 Å². The second-order valence-electron chi connectivity index (χ2n) is 3.66. The van der Waals surface area contributed by atoms with E-state index in [1.165, 1.54) is 4.31 Å². The van der Waals surface area contributed by atoms with Crippen LogP contribution in [-0.4, -0.2) is 31.0 Å². The molecular formula is C8H16ClNO2S. The van der Waals surface area contributed by atoms with Gasteiger partial charge in [-0.2, -0.15) is 0 Å². The van der Waals surface area contributed by atoms with Crippen LogP contribution >= 0.6 is 11.6 Å². The molecule has 1 heterocycles. The average molecular weight is 226 g/mol. The largest absolute Gasteiger partial charge is 0.228 e. The molecule has 5 heteroatoms. The molecule has 1 atom stereocenters. The van der Waals surface area contributed by atoms with Crippen molar-refractivity contribution in [1.82, 2.24) is 4.31 Å². The fourth-order valence-electron chi connectivity index (χ4n) is 1.58. The molecule has 1 unspecified atom stereocenters. The number of sulfonamides is 1. The van der Waals surface area contributed by atoms with Crippen LogP contribution in [0.4, 0.5) is 0 Å². The molecule has 1 rings (SSSR count). The molecule has 0 aliphatic carbocycles. The smallest absolute Gasteiger partial charge is 0.211 e. The first-order valence-corrected chi connectivity index (χ1v) is 6.74. The molecule has 1 aliphatic heterocycles. The molecule has 1 aliphatic rings. The Labute approximate surface area is 85.1 Å². The number of rotatable bonds is 2. The van der Waals surface area contributed by atoms with E-state index in [2.05, 4.69) is 6.92 Å². The van der Waals surface area contributed by atoms with Gasteiger partial charge in [0.15, 0.2) is 0 Å². The lowest BCUT2D eigenvalue weighted by atomic mass is 10.0. The second kappa shape index (κ2) is 4.62. The summed E-state index contributed by atoms with van der Waals surface area (Å²) in [4.78, 5) is 0. The molecule has 1 fully saturated rings. The Kier molecular flexibility index (Phi) is 4.01. The van der Waals surface area contributed by atoms with Gasteiger partial charge in [-0.05, 0) is 25.2 Å². The zero-order chi connectivity index (χ0) is 9.90. The zero-order valence-electron chi connectivity index (χ0n) is 7.87. The summed E-state index contributed by atoms with van der Waals surface area (Å²) in [7, 11) is -3.17. The summed E-state index contributed by atoms with van der Waals surface area (Å²) in [6.07, 6.45) is 3.03. The van der Waals surface area contributed by atoms with Crippen molar-refractivity contribution in [2.75, 3.05) is 18.3 Å². The third-order valence-electron chi connectivity index (χ3n) is 2.51. The molecule has 1 saturated heterocycles. The molecule has 0 saturated carbocycles. The van der Waals surface area contributed by atoms with Crippen molar-refractivity contribution in [3.63, 3.8) is 0 Å². The summed E-state index contributed by atoms with van der Waals surface area (Å²) in [6.45, 7) is 3.44. The van der Waals surface area contributed by atoms with Crippen LogP contribution in [0.5, 0.6) is 0 Å². The Morgan fingerprint density at radius 1 is 1.38 bits per heavy atom. The maximum Gasteiger partial charge on any atom is 0.228 e. The van der Waals surface area contributed by atoms with Gasteiger partial charge < -0.3 is 0 Å². The monoisotopic (exact) mass is 225 g/mol. The molecule has 13 heavy (non-hydrogen) atoms. The molecule has 0 aromatic carbocycles. The van der Waals surface area contributed by atoms with E-state index in [9.17, 15) is 8.42 Å². The summed E-state index contributed by atoms with van der Waals surface area (Å²) in [5.74, 6) is 0.635. The van der Waals surface area contributed by atoms with Crippen molar-refractivity contribution in [3.05, 3.63) is 0 Å². The number of halogens is 1. The first-order chi connectivity index (χ1) is 6.06. The van der Waals surface area contributed by atoms with E-state index in [4.69, 9.17) is 11.6 Å². The van der Waals surface area contributed by atoms with E-state index < -0.39 is 10.0 Å². The predicted octanol–water partition coefficient (Wildman–Crippen LogP) is 1.63. The van der Waals surface area contributed by atoms with E-state index in [1.807, 2.05) is 0 Å². The van der Waals surface area contributed by atoms with E-state index in [0.717, 1.165) is 19.3 Å². The van der Waals surface area contributed by atoms with E-state index in [1.54, 1.807) is 0 Å². The molecule has 0 radical (unpaired) electrons. The molecule has 0 N–H and O–H groups in total. The Bertz CT molecular complexity index is 253. The van der Waals surface area contributed by atoms with E-state index in [-0.39, 0.29) is 5.21 Å². The van der Waals surface area contributed by atoms with Gasteiger partial charge in [0.1, 0.15) is 5.21 Å². The van der Waals surface area contributed by atoms with Gasteiger partial charge in [0.05, 0.1) is 0 Å². The van der Waals surface area contributed by atoms with Crippen LogP contribution in [0.2, 0.25) is 0 Å². The van der Waals surface area contributed by atoms with Crippen LogP contribution in [0.25, 0.3) is 0 Å². The summed E-state index contributed by atoms with van der Waals surface area (Å²) in [5.41, 5.74) is 0. The van der Waals surface area contributed by atoms with Crippen LogP contribution in [-0.2, 0) is 10.0 Å². The number of alkyl halides is 1. The minimum Gasteiger partial charge on any atom is -0.211 e. The van der Waals surface area contributed by atoms with Gasteiger partial charge in [-0.15, -0.1) is 11.6 Å². The molecule has 78 valence electrons. The summed E-state index contributed by atoms with van der Waals surface area (Å²) in [6, 6.07) is 0. The predicted molar refractivity (Wildman–Crippen MR) is 54.2 cm³/mol. The normalized spacial score (nSPS) is 27.1. The first-order valence-electron chi connectivity index (χ1n) is 4.60. The lowest BCUT2D eigenvalue weighted by Crippen LogP contribution is -2.32. The highest BCUT2D eigenvalue weighted by atomic mass is 35.5. The van der Waals surface area contributed by atoms with Gasteiger partial charge in [0, 0.05) is 13.1 Å². The standard InChI is InChI=1S/C8H16ClNO2S/c1-8-3-2-5-10(6-4-8)13(11,12)7-9/h8H,2-7H2,1H3. The molecule has 0 spiro atoms. The molecule has 3 nitrogen and oxygen atoms in total. The molecule has 0 amide bonds. The van der Waals surface area contributed by atoms with Crippen molar-refractivity contribution >= 4 is 21.6 Å². The van der Waals surface area contributed by atoms with Crippen LogP contribution in [0.3, 0.4) is 0 Å². The Balaban J connectivity index is 2.61. The first kappa shape index (κ1) is 11.3. The topological polar surface area (TPSA) is 37.4 Å². The van der Waals surface area contributed by atoms with Gasteiger partial charge in [0.25, 0.3) is 0 Å². The average Bonchev–Trinajstić information content (AvgIpc) is 2.30. The Morgan fingerprint density at radius 3 is 2.69 bits per heavy atom. The molecule has 0 aromatic heterocycles. The zero-order valence-corrected chi connectivity index (χ0v) is 9.44. The Hall–Kier alpha value is 0.200. The highest BCUT2D eigenvalue weighted by Gasteiger charge is 2.23. The molecule has 0 bridgehead atoms. The highest BCUT2D eigenvalue weighted by Crippen LogP contribution is 2.18. The van der Waals surface area contributed by atoms with Crippen LogP contribution in [0.1, 0.15) is 26.2 Å². The highest BCUT2D eigenvalue weighted by molar-refractivity contribution is 7.90. The van der Waals surface area contributed by atoms with Gasteiger partial charge >= 0.3 is 0 Å². The fraction of sp³-hybridized carbons (Fsp3) is 1.00. The van der Waals surface area contributed by atoms with Crippen molar-refractivity contribution < 1.29 is 8.42 Å². The summed E-state index contributed by atoms with van der Waals surface area (Å²) >= 11 is 5.39. The minimum atomic E-state index is -3.17. The van der Waals surface area contributed by atoms with E-state index in [0.29, 0.717) is 19.0 Å². The third-order valence-corrected chi connectivity index (χ3v) is 4.76. The van der Waals surface area contributed by atoms with Crippen LogP contribution in [0.15, 0.2) is 0 Å². The minimum absolute atomic E-state index is 0.290. The SMILES string of the molecule is CC1CCCN(S(=O)(=O)CCl)CC1. The maximum atomic E-state index is 11.4. The van der Waals surface area contributed by atoms with E-state index >= 15 is 0 Å². The van der Waals surface area contributed by atoms with Crippen molar-refractivity contribution in [1.29, 1.82) is 0 Å². The van der Waals surface area contributed by atoms with Crippen molar-refractivity contribution in [2.24, 2.45) is 5.92 Å². The number of nitrogens with zero attached hydrogens (tertiary/aromatic N) is 1. The van der Waals surface area contributed by atoms with Gasteiger partial charge in [0.2, 0.25) is 10.0 Å². The lowest BCUT2D eigenvalue weighted by Gasteiger charge is -2.17. The van der Waals surface area contributed by atoms with Crippen LogP contribution < -0.4 is 0 Å². The number of hydrogen-bond donors (Lipinski definition) is 0. The number of hydrogen-bond acceptors (Lipinski definition) is 2.